The highest BCUT2D eigenvalue weighted by molar-refractivity contribution is 5.63. The minimum Gasteiger partial charge on any atom is -0.307 e. The van der Waals surface area contributed by atoms with Crippen LogP contribution in [-0.2, 0) is 0 Å². The van der Waals surface area contributed by atoms with E-state index >= 15 is 0 Å². The van der Waals surface area contributed by atoms with E-state index in [-0.39, 0.29) is 0 Å². The molecule has 0 saturated heterocycles. The summed E-state index contributed by atoms with van der Waals surface area (Å²) in [6.07, 6.45) is 1.96. The lowest BCUT2D eigenvalue weighted by molar-refractivity contribution is 0.571. The second kappa shape index (κ2) is 5.42. The van der Waals surface area contributed by atoms with Gasteiger partial charge in [-0.3, -0.25) is 4.99 Å². The Hall–Kier alpha value is -0.370. The first-order chi connectivity index (χ1) is 4.66. The van der Waals surface area contributed by atoms with E-state index in [2.05, 4.69) is 31.1 Å². The molecule has 1 N–H and O–H groups in total. The fourth-order valence-corrected chi connectivity index (χ4v) is 0.832. The van der Waals surface area contributed by atoms with Crippen LogP contribution < -0.4 is 5.32 Å². The molecule has 2 heteroatoms. The molecule has 0 amide bonds. The zero-order chi connectivity index (χ0) is 7.98. The SMILES string of the molecule is CCN=CC(C)NC(C)C. The molecular formula is C8H18N2. The number of nitrogens with one attached hydrogen (secondary N) is 1. The Morgan fingerprint density at radius 3 is 2.40 bits per heavy atom. The van der Waals surface area contributed by atoms with Crippen molar-refractivity contribution >= 4 is 6.21 Å². The quantitative estimate of drug-likeness (QED) is 0.590. The first kappa shape index (κ1) is 9.63. The van der Waals surface area contributed by atoms with Crippen LogP contribution in [0, 0.1) is 0 Å². The predicted molar refractivity (Wildman–Crippen MR) is 46.8 cm³/mol. The summed E-state index contributed by atoms with van der Waals surface area (Å²) in [5, 5.41) is 3.33. The highest BCUT2D eigenvalue weighted by Gasteiger charge is 1.97. The van der Waals surface area contributed by atoms with Crippen molar-refractivity contribution in [2.24, 2.45) is 4.99 Å². The highest BCUT2D eigenvalue weighted by Crippen LogP contribution is 1.82. The molecule has 0 aliphatic carbocycles. The third-order valence-electron chi connectivity index (χ3n) is 1.11. The van der Waals surface area contributed by atoms with Gasteiger partial charge in [-0.1, -0.05) is 13.8 Å². The lowest BCUT2D eigenvalue weighted by Crippen LogP contribution is -2.33. The van der Waals surface area contributed by atoms with Crippen molar-refractivity contribution in [3.63, 3.8) is 0 Å². The molecule has 0 aliphatic rings. The molecule has 2 nitrogen and oxygen atoms in total. The smallest absolute Gasteiger partial charge is 0.0393 e. The highest BCUT2D eigenvalue weighted by atomic mass is 14.9. The minimum atomic E-state index is 0.403. The molecule has 0 aliphatic heterocycles. The van der Waals surface area contributed by atoms with Crippen LogP contribution in [0.15, 0.2) is 4.99 Å². The van der Waals surface area contributed by atoms with Gasteiger partial charge < -0.3 is 5.32 Å². The van der Waals surface area contributed by atoms with Gasteiger partial charge in [0.05, 0.1) is 0 Å². The number of hydrogen-bond acceptors (Lipinski definition) is 2. The van der Waals surface area contributed by atoms with Crippen LogP contribution >= 0.6 is 0 Å². The maximum atomic E-state index is 4.14. The maximum Gasteiger partial charge on any atom is 0.0393 e. The van der Waals surface area contributed by atoms with Crippen LogP contribution in [0.1, 0.15) is 27.7 Å². The summed E-state index contributed by atoms with van der Waals surface area (Å²) in [6, 6.07) is 0.943. The molecule has 0 fully saturated rings. The normalized spacial score (nSPS) is 14.9. The van der Waals surface area contributed by atoms with Crippen molar-refractivity contribution in [2.45, 2.75) is 39.8 Å². The summed E-state index contributed by atoms with van der Waals surface area (Å²) in [4.78, 5) is 4.14. The first-order valence-electron chi connectivity index (χ1n) is 3.92. The summed E-state index contributed by atoms with van der Waals surface area (Å²) in [5.74, 6) is 0. The van der Waals surface area contributed by atoms with Gasteiger partial charge in [0.25, 0.3) is 0 Å². The molecule has 60 valence electrons. The monoisotopic (exact) mass is 142 g/mol. The lowest BCUT2D eigenvalue weighted by atomic mass is 10.3. The van der Waals surface area contributed by atoms with Crippen molar-refractivity contribution < 1.29 is 0 Å². The molecule has 1 atom stereocenters. The molecular weight excluding hydrogens is 124 g/mol. The van der Waals surface area contributed by atoms with Gasteiger partial charge in [-0.2, -0.15) is 0 Å². The fourth-order valence-electron chi connectivity index (χ4n) is 0.832. The van der Waals surface area contributed by atoms with E-state index in [9.17, 15) is 0 Å². The maximum absolute atomic E-state index is 4.14. The molecule has 0 aromatic heterocycles. The molecule has 0 rings (SSSR count). The number of nitrogens with zero attached hydrogens (tertiary/aromatic N) is 1. The minimum absolute atomic E-state index is 0.403. The van der Waals surface area contributed by atoms with Crippen LogP contribution in [-0.4, -0.2) is 24.8 Å². The topological polar surface area (TPSA) is 24.4 Å². The number of aliphatic imine (C=N–C) groups is 1. The van der Waals surface area contributed by atoms with Crippen molar-refractivity contribution in [3.05, 3.63) is 0 Å². The van der Waals surface area contributed by atoms with Crippen molar-refractivity contribution in [2.75, 3.05) is 6.54 Å². The molecule has 0 aromatic rings. The van der Waals surface area contributed by atoms with Crippen molar-refractivity contribution in [1.82, 2.24) is 5.32 Å². The Morgan fingerprint density at radius 1 is 1.40 bits per heavy atom. The zero-order valence-electron chi connectivity index (χ0n) is 7.39. The number of rotatable bonds is 4. The van der Waals surface area contributed by atoms with Gasteiger partial charge in [-0.25, -0.2) is 0 Å². The molecule has 0 heterocycles. The largest absolute Gasteiger partial charge is 0.307 e. The summed E-state index contributed by atoms with van der Waals surface area (Å²) in [6.45, 7) is 9.30. The van der Waals surface area contributed by atoms with E-state index in [1.165, 1.54) is 0 Å². The Labute approximate surface area is 63.7 Å². The standard InChI is InChI=1S/C8H18N2/c1-5-9-6-8(4)10-7(2)3/h6-8,10H,5H2,1-4H3. The van der Waals surface area contributed by atoms with Crippen LogP contribution in [0.2, 0.25) is 0 Å². The lowest BCUT2D eigenvalue weighted by Gasteiger charge is -2.11. The van der Waals surface area contributed by atoms with Gasteiger partial charge in [0.1, 0.15) is 0 Å². The average Bonchev–Trinajstić information content (AvgIpc) is 1.82. The fraction of sp³-hybridized carbons (Fsp3) is 0.875. The van der Waals surface area contributed by atoms with Gasteiger partial charge in [0.2, 0.25) is 0 Å². The van der Waals surface area contributed by atoms with Crippen molar-refractivity contribution in [1.29, 1.82) is 0 Å². The van der Waals surface area contributed by atoms with E-state index in [1.54, 1.807) is 0 Å². The summed E-state index contributed by atoms with van der Waals surface area (Å²) < 4.78 is 0. The van der Waals surface area contributed by atoms with Gasteiger partial charge in [0.15, 0.2) is 0 Å². The third kappa shape index (κ3) is 5.76. The molecule has 10 heavy (non-hydrogen) atoms. The van der Waals surface area contributed by atoms with Crippen LogP contribution in [0.5, 0.6) is 0 Å². The van der Waals surface area contributed by atoms with Gasteiger partial charge in [-0.15, -0.1) is 0 Å². The summed E-state index contributed by atoms with van der Waals surface area (Å²) >= 11 is 0. The second-order valence-corrected chi connectivity index (χ2v) is 2.76. The summed E-state index contributed by atoms with van der Waals surface area (Å²) in [7, 11) is 0. The average molecular weight is 142 g/mol. The Kier molecular flexibility index (Phi) is 5.22. The molecule has 0 bridgehead atoms. The second-order valence-electron chi connectivity index (χ2n) is 2.76. The van der Waals surface area contributed by atoms with E-state index in [4.69, 9.17) is 0 Å². The Morgan fingerprint density at radius 2 is 2.00 bits per heavy atom. The van der Waals surface area contributed by atoms with Crippen LogP contribution in [0.25, 0.3) is 0 Å². The Bertz CT molecular complexity index is 97.4. The van der Waals surface area contributed by atoms with E-state index in [0.717, 1.165) is 6.54 Å². The van der Waals surface area contributed by atoms with Crippen LogP contribution in [0.3, 0.4) is 0 Å². The molecule has 0 radical (unpaired) electrons. The molecule has 0 saturated carbocycles. The summed E-state index contributed by atoms with van der Waals surface area (Å²) in [5.41, 5.74) is 0. The van der Waals surface area contributed by atoms with E-state index < -0.39 is 0 Å². The molecule has 1 unspecified atom stereocenters. The number of hydrogen-bond donors (Lipinski definition) is 1. The van der Waals surface area contributed by atoms with Gasteiger partial charge in [-0.05, 0) is 13.8 Å². The van der Waals surface area contributed by atoms with Gasteiger partial charge >= 0.3 is 0 Å². The van der Waals surface area contributed by atoms with Gasteiger partial charge in [0, 0.05) is 24.8 Å². The van der Waals surface area contributed by atoms with Crippen molar-refractivity contribution in [3.8, 4) is 0 Å². The molecule has 0 spiro atoms. The van der Waals surface area contributed by atoms with E-state index in [1.807, 2.05) is 13.1 Å². The van der Waals surface area contributed by atoms with E-state index in [0.29, 0.717) is 12.1 Å². The first-order valence-corrected chi connectivity index (χ1v) is 3.92. The molecule has 0 aromatic carbocycles. The Balaban J connectivity index is 3.42. The van der Waals surface area contributed by atoms with Crippen LogP contribution in [0.4, 0.5) is 0 Å². The third-order valence-corrected chi connectivity index (χ3v) is 1.11. The predicted octanol–water partition coefficient (Wildman–Crippen LogP) is 1.46. The zero-order valence-corrected chi connectivity index (χ0v) is 7.39.